The topological polar surface area (TPSA) is 95.6 Å². The molecule has 2 aromatic rings. The van der Waals surface area contributed by atoms with Gasteiger partial charge in [0.15, 0.2) is 5.75 Å². The van der Waals surface area contributed by atoms with Crippen molar-refractivity contribution in [2.24, 2.45) is 0 Å². The molecular weight excluding hydrogens is 284 g/mol. The maximum Gasteiger partial charge on any atom is 0.318 e. The second-order valence-electron chi connectivity index (χ2n) is 5.34. The van der Waals surface area contributed by atoms with Crippen LogP contribution in [0.2, 0.25) is 0 Å². The third-order valence-electron chi connectivity index (χ3n) is 4.05. The normalized spacial score (nSPS) is 17.5. The number of nitro benzene ring substituents is 1. The molecule has 0 aliphatic carbocycles. The molecule has 0 amide bonds. The number of nitrogens with one attached hydrogen (secondary N) is 1. The number of phenols is 2. The zero-order valence-electron chi connectivity index (χ0n) is 11.8. The van der Waals surface area contributed by atoms with E-state index in [4.69, 9.17) is 0 Å². The van der Waals surface area contributed by atoms with Crippen molar-refractivity contribution in [3.05, 3.63) is 63.2 Å². The van der Waals surface area contributed by atoms with Crippen LogP contribution in [0.5, 0.6) is 11.5 Å². The number of hydrogen-bond acceptors (Lipinski definition) is 5. The van der Waals surface area contributed by atoms with E-state index in [-0.39, 0.29) is 11.6 Å². The Morgan fingerprint density at radius 3 is 2.64 bits per heavy atom. The first kappa shape index (κ1) is 14.3. The molecule has 0 radical (unpaired) electrons. The van der Waals surface area contributed by atoms with Crippen LogP contribution in [0, 0.1) is 10.1 Å². The third kappa shape index (κ3) is 2.37. The predicted octanol–water partition coefficient (Wildman–Crippen LogP) is 2.28. The lowest BCUT2D eigenvalue weighted by molar-refractivity contribution is -0.386. The Hall–Kier alpha value is -2.60. The molecule has 22 heavy (non-hydrogen) atoms. The number of hydrogen-bond donors (Lipinski definition) is 3. The molecule has 0 aromatic heterocycles. The Bertz CT molecular complexity index is 716. The summed E-state index contributed by atoms with van der Waals surface area (Å²) in [6.07, 6.45) is 0.433. The van der Waals surface area contributed by atoms with Gasteiger partial charge in [0.05, 0.1) is 4.92 Å². The second-order valence-corrected chi connectivity index (χ2v) is 5.34. The molecule has 1 aliphatic heterocycles. The molecule has 6 nitrogen and oxygen atoms in total. The summed E-state index contributed by atoms with van der Waals surface area (Å²) in [7, 11) is 0. The summed E-state index contributed by atoms with van der Waals surface area (Å²) in [5.74, 6) is -1.21. The fourth-order valence-corrected chi connectivity index (χ4v) is 3.03. The van der Waals surface area contributed by atoms with Gasteiger partial charge in [-0.15, -0.1) is 0 Å². The Kier molecular flexibility index (Phi) is 3.68. The van der Waals surface area contributed by atoms with Crippen molar-refractivity contribution in [3.8, 4) is 11.5 Å². The van der Waals surface area contributed by atoms with Crippen molar-refractivity contribution >= 4 is 5.69 Å². The summed E-state index contributed by atoms with van der Waals surface area (Å²) >= 11 is 0. The van der Waals surface area contributed by atoms with Crippen molar-refractivity contribution in [3.63, 3.8) is 0 Å². The van der Waals surface area contributed by atoms with Gasteiger partial charge >= 0.3 is 5.69 Å². The minimum Gasteiger partial charge on any atom is -0.504 e. The SMILES string of the molecule is O=[N+]([O-])c1c(O)c(O)cc2c1CCNCC2c1ccccc1. The monoisotopic (exact) mass is 300 g/mol. The van der Waals surface area contributed by atoms with E-state index in [1.54, 1.807) is 0 Å². The molecule has 1 atom stereocenters. The van der Waals surface area contributed by atoms with E-state index in [2.05, 4.69) is 5.32 Å². The van der Waals surface area contributed by atoms with E-state index in [9.17, 15) is 20.3 Å². The van der Waals surface area contributed by atoms with Gasteiger partial charge in [-0.3, -0.25) is 10.1 Å². The number of rotatable bonds is 2. The summed E-state index contributed by atoms with van der Waals surface area (Å²) in [5, 5.41) is 34.3. The standard InChI is InChI=1S/C16H16N2O4/c19-14-8-12-11(15(16(14)20)18(21)22)6-7-17-9-13(12)10-4-2-1-3-5-10/h1-5,8,13,17,19-20H,6-7,9H2. The van der Waals surface area contributed by atoms with Crippen LogP contribution < -0.4 is 5.32 Å². The van der Waals surface area contributed by atoms with Crippen LogP contribution in [0.4, 0.5) is 5.69 Å². The number of benzene rings is 2. The highest BCUT2D eigenvalue weighted by atomic mass is 16.6. The molecule has 6 heteroatoms. The van der Waals surface area contributed by atoms with Crippen LogP contribution in [0.25, 0.3) is 0 Å². The number of aromatic hydroxyl groups is 2. The van der Waals surface area contributed by atoms with Crippen LogP contribution in [0.3, 0.4) is 0 Å². The second kappa shape index (κ2) is 5.65. The number of fused-ring (bicyclic) bond motifs is 1. The fraction of sp³-hybridized carbons (Fsp3) is 0.250. The first-order chi connectivity index (χ1) is 10.6. The molecule has 3 rings (SSSR count). The molecule has 3 N–H and O–H groups in total. The lowest BCUT2D eigenvalue weighted by atomic mass is 9.87. The average Bonchev–Trinajstić information content (AvgIpc) is 2.71. The summed E-state index contributed by atoms with van der Waals surface area (Å²) < 4.78 is 0. The van der Waals surface area contributed by atoms with E-state index in [0.717, 1.165) is 5.56 Å². The molecule has 1 aliphatic rings. The molecule has 0 bridgehead atoms. The maximum atomic E-state index is 11.3. The Morgan fingerprint density at radius 1 is 1.23 bits per heavy atom. The molecule has 2 aromatic carbocycles. The van der Waals surface area contributed by atoms with Crippen LogP contribution in [-0.2, 0) is 6.42 Å². The van der Waals surface area contributed by atoms with Crippen LogP contribution in [-0.4, -0.2) is 28.2 Å². The molecule has 0 fully saturated rings. The highest BCUT2D eigenvalue weighted by Gasteiger charge is 2.31. The van der Waals surface area contributed by atoms with E-state index < -0.39 is 16.4 Å². The molecule has 0 spiro atoms. The highest BCUT2D eigenvalue weighted by molar-refractivity contribution is 5.64. The number of nitro groups is 1. The smallest absolute Gasteiger partial charge is 0.318 e. The average molecular weight is 300 g/mol. The minimum atomic E-state index is -0.655. The van der Waals surface area contributed by atoms with Crippen LogP contribution in [0.15, 0.2) is 36.4 Å². The zero-order valence-corrected chi connectivity index (χ0v) is 11.8. The molecule has 0 saturated heterocycles. The Labute approximate surface area is 127 Å². The quantitative estimate of drug-likeness (QED) is 0.449. The summed E-state index contributed by atoms with van der Waals surface area (Å²) in [5.41, 5.74) is 1.80. The molecule has 1 unspecified atom stereocenters. The van der Waals surface area contributed by atoms with E-state index in [0.29, 0.717) is 30.6 Å². The Morgan fingerprint density at radius 2 is 1.95 bits per heavy atom. The van der Waals surface area contributed by atoms with Crippen molar-refractivity contribution in [2.45, 2.75) is 12.3 Å². The van der Waals surface area contributed by atoms with Gasteiger partial charge in [0.25, 0.3) is 0 Å². The fourth-order valence-electron chi connectivity index (χ4n) is 3.03. The van der Waals surface area contributed by atoms with E-state index in [1.807, 2.05) is 30.3 Å². The van der Waals surface area contributed by atoms with Gasteiger partial charge in [0.2, 0.25) is 5.75 Å². The maximum absolute atomic E-state index is 11.3. The predicted molar refractivity (Wildman–Crippen MR) is 81.3 cm³/mol. The van der Waals surface area contributed by atoms with E-state index in [1.165, 1.54) is 6.07 Å². The Balaban J connectivity index is 2.23. The summed E-state index contributed by atoms with van der Waals surface area (Å²) in [4.78, 5) is 10.7. The van der Waals surface area contributed by atoms with Gasteiger partial charge in [0, 0.05) is 18.0 Å². The summed E-state index contributed by atoms with van der Waals surface area (Å²) in [6.45, 7) is 1.21. The zero-order chi connectivity index (χ0) is 15.7. The van der Waals surface area contributed by atoms with Gasteiger partial charge < -0.3 is 15.5 Å². The van der Waals surface area contributed by atoms with Gasteiger partial charge in [-0.25, -0.2) is 0 Å². The van der Waals surface area contributed by atoms with E-state index >= 15 is 0 Å². The minimum absolute atomic E-state index is 0.108. The number of phenolic OH excluding ortho intramolecular Hbond substituents is 2. The van der Waals surface area contributed by atoms with Crippen molar-refractivity contribution in [2.75, 3.05) is 13.1 Å². The third-order valence-corrected chi connectivity index (χ3v) is 4.05. The molecular formula is C16H16N2O4. The highest BCUT2D eigenvalue weighted by Crippen LogP contribution is 2.44. The molecule has 1 heterocycles. The number of nitrogens with zero attached hydrogens (tertiary/aromatic N) is 1. The largest absolute Gasteiger partial charge is 0.504 e. The first-order valence-corrected chi connectivity index (χ1v) is 7.07. The van der Waals surface area contributed by atoms with Gasteiger partial charge in [-0.05, 0) is 30.2 Å². The van der Waals surface area contributed by atoms with Crippen molar-refractivity contribution < 1.29 is 15.1 Å². The van der Waals surface area contributed by atoms with Gasteiger partial charge in [0.1, 0.15) is 0 Å². The van der Waals surface area contributed by atoms with Crippen LogP contribution in [0.1, 0.15) is 22.6 Å². The molecule has 114 valence electrons. The summed E-state index contributed by atoms with van der Waals surface area (Å²) in [6, 6.07) is 11.1. The van der Waals surface area contributed by atoms with Crippen molar-refractivity contribution in [1.82, 2.24) is 5.32 Å². The lowest BCUT2D eigenvalue weighted by Crippen LogP contribution is -2.20. The van der Waals surface area contributed by atoms with Crippen molar-refractivity contribution in [1.29, 1.82) is 0 Å². The van der Waals surface area contributed by atoms with Gasteiger partial charge in [-0.1, -0.05) is 30.3 Å². The molecule has 0 saturated carbocycles. The lowest BCUT2D eigenvalue weighted by Gasteiger charge is -2.19. The first-order valence-electron chi connectivity index (χ1n) is 7.07. The van der Waals surface area contributed by atoms with Crippen LogP contribution >= 0.6 is 0 Å². The van der Waals surface area contributed by atoms with Gasteiger partial charge in [-0.2, -0.15) is 0 Å².